The largest absolute Gasteiger partial charge is 0.302 e. The van der Waals surface area contributed by atoms with Crippen LogP contribution in [0.3, 0.4) is 0 Å². The summed E-state index contributed by atoms with van der Waals surface area (Å²) in [5.74, 6) is 0. The van der Waals surface area contributed by atoms with Crippen molar-refractivity contribution in [2.75, 3.05) is 0 Å². The number of thiazole rings is 1. The Kier molecular flexibility index (Phi) is 4.38. The number of nitrogens with one attached hydrogen (secondary N) is 1. The lowest BCUT2D eigenvalue weighted by Crippen LogP contribution is -2.33. The fourth-order valence-electron chi connectivity index (χ4n) is 2.26. The first-order chi connectivity index (χ1) is 8.98. The van der Waals surface area contributed by atoms with Gasteiger partial charge in [0.05, 0.1) is 5.51 Å². The van der Waals surface area contributed by atoms with Crippen molar-refractivity contribution in [3.05, 3.63) is 52.5 Å². The third-order valence-corrected chi connectivity index (χ3v) is 4.25. The van der Waals surface area contributed by atoms with E-state index in [1.807, 2.05) is 11.7 Å². The van der Waals surface area contributed by atoms with Crippen LogP contribution in [0.5, 0.6) is 0 Å². The second-order valence-corrected chi connectivity index (χ2v) is 6.92. The zero-order valence-corrected chi connectivity index (χ0v) is 12.9. The van der Waals surface area contributed by atoms with Crippen LogP contribution in [0, 0.1) is 5.41 Å². The summed E-state index contributed by atoms with van der Waals surface area (Å²) < 4.78 is 0. The van der Waals surface area contributed by atoms with Gasteiger partial charge < -0.3 is 5.32 Å². The Labute approximate surface area is 119 Å². The fraction of sp³-hybridized carbons (Fsp3) is 0.438. The van der Waals surface area contributed by atoms with Crippen molar-refractivity contribution in [1.82, 2.24) is 10.3 Å². The van der Waals surface area contributed by atoms with E-state index in [-0.39, 0.29) is 5.41 Å². The smallest absolute Gasteiger partial charge is 0.0794 e. The van der Waals surface area contributed by atoms with Crippen LogP contribution in [0.4, 0.5) is 0 Å². The molecule has 2 aromatic rings. The molecule has 1 N–H and O–H groups in total. The molecule has 1 aromatic heterocycles. The lowest BCUT2D eigenvalue weighted by Gasteiger charge is -2.34. The zero-order valence-electron chi connectivity index (χ0n) is 12.1. The molecule has 0 saturated carbocycles. The lowest BCUT2D eigenvalue weighted by atomic mass is 9.82. The van der Waals surface area contributed by atoms with E-state index >= 15 is 0 Å². The van der Waals surface area contributed by atoms with Crippen molar-refractivity contribution in [1.29, 1.82) is 0 Å². The quantitative estimate of drug-likeness (QED) is 0.882. The highest BCUT2D eigenvalue weighted by atomic mass is 32.1. The van der Waals surface area contributed by atoms with Crippen molar-refractivity contribution >= 4 is 11.3 Å². The Morgan fingerprint density at radius 1 is 1.16 bits per heavy atom. The molecule has 1 aromatic carbocycles. The molecule has 1 heterocycles. The monoisotopic (exact) mass is 274 g/mol. The first-order valence-electron chi connectivity index (χ1n) is 6.68. The van der Waals surface area contributed by atoms with E-state index in [1.165, 1.54) is 10.4 Å². The van der Waals surface area contributed by atoms with E-state index in [1.54, 1.807) is 11.3 Å². The highest BCUT2D eigenvalue weighted by molar-refractivity contribution is 7.09. The summed E-state index contributed by atoms with van der Waals surface area (Å²) in [6.45, 7) is 9.03. The van der Waals surface area contributed by atoms with Crippen LogP contribution in [0.25, 0.3) is 0 Å². The summed E-state index contributed by atoms with van der Waals surface area (Å²) in [5.41, 5.74) is 3.40. The normalized spacial score (nSPS) is 15.2. The highest BCUT2D eigenvalue weighted by Gasteiger charge is 2.27. The molecule has 0 spiro atoms. The number of aromatic nitrogens is 1. The Bertz CT molecular complexity index is 485. The highest BCUT2D eigenvalue weighted by Crippen LogP contribution is 2.35. The van der Waals surface area contributed by atoms with E-state index in [0.29, 0.717) is 12.1 Å². The van der Waals surface area contributed by atoms with E-state index in [9.17, 15) is 0 Å². The Morgan fingerprint density at radius 2 is 1.84 bits per heavy atom. The summed E-state index contributed by atoms with van der Waals surface area (Å²) in [6, 6.07) is 11.3. The zero-order chi connectivity index (χ0) is 13.9. The van der Waals surface area contributed by atoms with Gasteiger partial charge in [0.2, 0.25) is 0 Å². The molecule has 0 amide bonds. The van der Waals surface area contributed by atoms with Gasteiger partial charge in [0.25, 0.3) is 0 Å². The molecule has 0 aliphatic heterocycles. The van der Waals surface area contributed by atoms with E-state index in [4.69, 9.17) is 0 Å². The molecule has 2 unspecified atom stereocenters. The third kappa shape index (κ3) is 3.64. The van der Waals surface area contributed by atoms with Gasteiger partial charge in [0.15, 0.2) is 0 Å². The maximum atomic E-state index is 4.16. The van der Waals surface area contributed by atoms with Crippen molar-refractivity contribution in [2.24, 2.45) is 5.41 Å². The predicted octanol–water partition coefficient (Wildman–Crippen LogP) is 4.58. The second-order valence-electron chi connectivity index (χ2n) is 6.00. The van der Waals surface area contributed by atoms with E-state index in [2.05, 4.69) is 68.3 Å². The Hall–Kier alpha value is -1.19. The SMILES string of the molecule is CC(NC(c1ccccc1)C(C)(C)C)c1cncs1. The average Bonchev–Trinajstić information content (AvgIpc) is 2.89. The fourth-order valence-corrected chi connectivity index (χ4v) is 2.90. The van der Waals surface area contributed by atoms with Gasteiger partial charge in [-0.1, -0.05) is 51.1 Å². The van der Waals surface area contributed by atoms with Crippen molar-refractivity contribution in [3.63, 3.8) is 0 Å². The molecular formula is C16H22N2S. The van der Waals surface area contributed by atoms with Crippen LogP contribution in [0.1, 0.15) is 50.2 Å². The minimum absolute atomic E-state index is 0.167. The van der Waals surface area contributed by atoms with E-state index in [0.717, 1.165) is 0 Å². The number of hydrogen-bond acceptors (Lipinski definition) is 3. The summed E-state index contributed by atoms with van der Waals surface area (Å²) in [5, 5.41) is 3.75. The molecule has 0 aliphatic rings. The van der Waals surface area contributed by atoms with Crippen molar-refractivity contribution < 1.29 is 0 Å². The molecule has 3 heteroatoms. The summed E-state index contributed by atoms with van der Waals surface area (Å²) >= 11 is 1.71. The molecule has 102 valence electrons. The second kappa shape index (κ2) is 5.85. The Morgan fingerprint density at radius 3 is 2.37 bits per heavy atom. The van der Waals surface area contributed by atoms with Gasteiger partial charge in [0, 0.05) is 23.2 Å². The van der Waals surface area contributed by atoms with Gasteiger partial charge >= 0.3 is 0 Å². The Balaban J connectivity index is 2.20. The lowest BCUT2D eigenvalue weighted by molar-refractivity contribution is 0.255. The molecular weight excluding hydrogens is 252 g/mol. The molecule has 19 heavy (non-hydrogen) atoms. The van der Waals surface area contributed by atoms with Gasteiger partial charge in [-0.25, -0.2) is 0 Å². The van der Waals surface area contributed by atoms with Gasteiger partial charge in [-0.3, -0.25) is 4.98 Å². The number of nitrogens with zero attached hydrogens (tertiary/aromatic N) is 1. The van der Waals surface area contributed by atoms with Crippen LogP contribution in [-0.2, 0) is 0 Å². The van der Waals surface area contributed by atoms with Crippen LogP contribution >= 0.6 is 11.3 Å². The standard InChI is InChI=1S/C16H22N2S/c1-12(14-10-17-11-19-14)18-15(16(2,3)4)13-8-6-5-7-9-13/h5-12,15,18H,1-4H3. The number of benzene rings is 1. The summed E-state index contributed by atoms with van der Waals surface area (Å²) in [4.78, 5) is 5.45. The molecule has 2 nitrogen and oxygen atoms in total. The molecule has 0 fully saturated rings. The van der Waals surface area contributed by atoms with E-state index < -0.39 is 0 Å². The van der Waals surface area contributed by atoms with Crippen molar-refractivity contribution in [3.8, 4) is 0 Å². The molecule has 0 saturated heterocycles. The molecule has 0 radical (unpaired) electrons. The number of hydrogen-bond donors (Lipinski definition) is 1. The number of rotatable bonds is 4. The minimum Gasteiger partial charge on any atom is -0.302 e. The first-order valence-corrected chi connectivity index (χ1v) is 7.56. The maximum Gasteiger partial charge on any atom is 0.0794 e. The average molecular weight is 274 g/mol. The minimum atomic E-state index is 0.167. The van der Waals surface area contributed by atoms with Gasteiger partial charge in [-0.05, 0) is 17.9 Å². The topological polar surface area (TPSA) is 24.9 Å². The summed E-state index contributed by atoms with van der Waals surface area (Å²) in [6.07, 6.45) is 1.95. The van der Waals surface area contributed by atoms with Crippen LogP contribution < -0.4 is 5.32 Å². The molecule has 0 bridgehead atoms. The van der Waals surface area contributed by atoms with Crippen LogP contribution in [0.15, 0.2) is 42.0 Å². The van der Waals surface area contributed by atoms with Gasteiger partial charge in [0.1, 0.15) is 0 Å². The first kappa shape index (κ1) is 14.2. The molecule has 0 aliphatic carbocycles. The summed E-state index contributed by atoms with van der Waals surface area (Å²) in [7, 11) is 0. The maximum absolute atomic E-state index is 4.16. The molecule has 2 rings (SSSR count). The predicted molar refractivity (Wildman–Crippen MR) is 82.3 cm³/mol. The van der Waals surface area contributed by atoms with Crippen LogP contribution in [0.2, 0.25) is 0 Å². The molecule has 2 atom stereocenters. The van der Waals surface area contributed by atoms with Gasteiger partial charge in [-0.2, -0.15) is 0 Å². The van der Waals surface area contributed by atoms with Crippen LogP contribution in [-0.4, -0.2) is 4.98 Å². The van der Waals surface area contributed by atoms with Gasteiger partial charge in [-0.15, -0.1) is 11.3 Å². The third-order valence-electron chi connectivity index (χ3n) is 3.29. The van der Waals surface area contributed by atoms with Crippen molar-refractivity contribution in [2.45, 2.75) is 39.8 Å².